The number of nitrogens with one attached hydrogen (secondary N) is 2. The van der Waals surface area contributed by atoms with E-state index in [4.69, 9.17) is 4.42 Å². The van der Waals surface area contributed by atoms with Gasteiger partial charge in [0.1, 0.15) is 0 Å². The van der Waals surface area contributed by atoms with Crippen LogP contribution in [0, 0.1) is 13.8 Å². The van der Waals surface area contributed by atoms with Crippen molar-refractivity contribution >= 4 is 39.1 Å². The van der Waals surface area contributed by atoms with Gasteiger partial charge < -0.3 is 9.73 Å². The van der Waals surface area contributed by atoms with Gasteiger partial charge in [-0.25, -0.2) is 8.42 Å². The summed E-state index contributed by atoms with van der Waals surface area (Å²) in [6.07, 6.45) is 1.08. The minimum Gasteiger partial charge on any atom is -0.411 e. The molecule has 0 aliphatic heterocycles. The summed E-state index contributed by atoms with van der Waals surface area (Å²) in [4.78, 5) is 12.2. The lowest BCUT2D eigenvalue weighted by Crippen LogP contribution is -2.14. The van der Waals surface area contributed by atoms with E-state index < -0.39 is 10.0 Å². The number of aryl methyl sites for hydroxylation is 2. The summed E-state index contributed by atoms with van der Waals surface area (Å²) in [6.45, 7) is 3.94. The van der Waals surface area contributed by atoms with E-state index in [1.807, 2.05) is 32.0 Å². The first kappa shape index (κ1) is 20.9. The van der Waals surface area contributed by atoms with Crippen molar-refractivity contribution in [1.82, 2.24) is 10.2 Å². The molecule has 0 spiro atoms. The van der Waals surface area contributed by atoms with Gasteiger partial charge in [0.15, 0.2) is 0 Å². The smallest absolute Gasteiger partial charge is 0.277 e. The Bertz CT molecular complexity index is 1130. The van der Waals surface area contributed by atoms with Gasteiger partial charge in [0.05, 0.1) is 12.0 Å². The highest BCUT2D eigenvalue weighted by Gasteiger charge is 2.12. The second kappa shape index (κ2) is 8.66. The van der Waals surface area contributed by atoms with Crippen molar-refractivity contribution in [1.29, 1.82) is 0 Å². The number of nitrogens with zero attached hydrogens (tertiary/aromatic N) is 2. The summed E-state index contributed by atoms with van der Waals surface area (Å²) in [7, 11) is -3.34. The van der Waals surface area contributed by atoms with Gasteiger partial charge in [-0.05, 0) is 49.7 Å². The molecular weight excluding hydrogens is 412 g/mol. The van der Waals surface area contributed by atoms with E-state index in [0.717, 1.165) is 34.8 Å². The molecule has 0 bridgehead atoms. The van der Waals surface area contributed by atoms with Gasteiger partial charge in [0.25, 0.3) is 5.22 Å². The molecule has 0 unspecified atom stereocenters. The van der Waals surface area contributed by atoms with E-state index in [1.54, 1.807) is 24.3 Å². The van der Waals surface area contributed by atoms with Crippen molar-refractivity contribution < 1.29 is 17.6 Å². The molecule has 3 rings (SSSR count). The van der Waals surface area contributed by atoms with E-state index in [0.29, 0.717) is 11.3 Å². The zero-order valence-corrected chi connectivity index (χ0v) is 17.7. The maximum absolute atomic E-state index is 12.2. The zero-order chi connectivity index (χ0) is 21.0. The Labute approximate surface area is 173 Å². The molecule has 0 aliphatic carbocycles. The summed E-state index contributed by atoms with van der Waals surface area (Å²) in [6, 6.07) is 12.4. The summed E-state index contributed by atoms with van der Waals surface area (Å²) >= 11 is 1.14. The van der Waals surface area contributed by atoms with Gasteiger partial charge in [0.2, 0.25) is 21.8 Å². The number of sulfonamides is 1. The Balaban J connectivity index is 1.58. The molecule has 29 heavy (non-hydrogen) atoms. The van der Waals surface area contributed by atoms with Crippen molar-refractivity contribution in [2.45, 2.75) is 19.1 Å². The summed E-state index contributed by atoms with van der Waals surface area (Å²) < 4.78 is 30.4. The highest BCUT2D eigenvalue weighted by Crippen LogP contribution is 2.25. The maximum atomic E-state index is 12.2. The number of benzene rings is 2. The highest BCUT2D eigenvalue weighted by atomic mass is 32.2. The highest BCUT2D eigenvalue weighted by molar-refractivity contribution is 7.99. The predicted octanol–water partition coefficient (Wildman–Crippen LogP) is 3.46. The Kier molecular flexibility index (Phi) is 6.23. The number of anilines is 2. The predicted molar refractivity (Wildman–Crippen MR) is 113 cm³/mol. The third-order valence-electron chi connectivity index (χ3n) is 3.82. The number of hydrogen-bond donors (Lipinski definition) is 2. The van der Waals surface area contributed by atoms with Crippen LogP contribution in [0.5, 0.6) is 0 Å². The van der Waals surface area contributed by atoms with Crippen LogP contribution in [-0.2, 0) is 14.8 Å². The molecule has 0 radical (unpaired) electrons. The lowest BCUT2D eigenvalue weighted by atomic mass is 10.1. The molecule has 152 valence electrons. The molecule has 3 aromatic rings. The van der Waals surface area contributed by atoms with Crippen molar-refractivity contribution in [2.24, 2.45) is 0 Å². The second-order valence-corrected chi connectivity index (χ2v) is 9.15. The monoisotopic (exact) mass is 432 g/mol. The van der Waals surface area contributed by atoms with Crippen LogP contribution in [0.3, 0.4) is 0 Å². The molecule has 1 aromatic heterocycles. The van der Waals surface area contributed by atoms with Crippen LogP contribution < -0.4 is 10.0 Å². The van der Waals surface area contributed by atoms with Crippen molar-refractivity contribution in [3.8, 4) is 11.5 Å². The van der Waals surface area contributed by atoms with Gasteiger partial charge in [-0.1, -0.05) is 29.5 Å². The third kappa shape index (κ3) is 6.06. The number of thioether (sulfide) groups is 1. The summed E-state index contributed by atoms with van der Waals surface area (Å²) in [5.41, 5.74) is 3.98. The van der Waals surface area contributed by atoms with E-state index in [9.17, 15) is 13.2 Å². The Morgan fingerprint density at radius 2 is 1.83 bits per heavy atom. The number of carbonyl (C=O) groups excluding carboxylic acids is 1. The van der Waals surface area contributed by atoms with Crippen LogP contribution >= 0.6 is 11.8 Å². The van der Waals surface area contributed by atoms with Crippen LogP contribution in [0.4, 0.5) is 11.4 Å². The van der Waals surface area contributed by atoms with Gasteiger partial charge in [-0.3, -0.25) is 9.52 Å². The lowest BCUT2D eigenvalue weighted by Gasteiger charge is -2.08. The van der Waals surface area contributed by atoms with Crippen molar-refractivity contribution in [2.75, 3.05) is 22.0 Å². The van der Waals surface area contributed by atoms with E-state index >= 15 is 0 Å². The molecule has 0 saturated heterocycles. The Morgan fingerprint density at radius 3 is 2.48 bits per heavy atom. The molecule has 0 aliphatic rings. The standard InChI is InChI=1S/C19H20N4O4S2/c1-12-4-9-16(13(2)10-12)20-17(24)11-28-19-22-21-18(27-19)14-5-7-15(8-6-14)23-29(3,25)26/h4-10,23H,11H2,1-3H3,(H,20,24). The maximum Gasteiger partial charge on any atom is 0.277 e. The van der Waals surface area contributed by atoms with Gasteiger partial charge in [-0.2, -0.15) is 0 Å². The molecule has 0 atom stereocenters. The van der Waals surface area contributed by atoms with Gasteiger partial charge >= 0.3 is 0 Å². The van der Waals surface area contributed by atoms with Crippen LogP contribution in [0.15, 0.2) is 52.1 Å². The molecule has 8 nitrogen and oxygen atoms in total. The molecule has 0 saturated carbocycles. The molecule has 1 amide bonds. The molecule has 0 fully saturated rings. The second-order valence-electron chi connectivity index (χ2n) is 6.48. The van der Waals surface area contributed by atoms with E-state index in [2.05, 4.69) is 20.2 Å². The number of aromatic nitrogens is 2. The first-order chi connectivity index (χ1) is 13.7. The van der Waals surface area contributed by atoms with Crippen molar-refractivity contribution in [3.63, 3.8) is 0 Å². The number of hydrogen-bond acceptors (Lipinski definition) is 7. The fourth-order valence-corrected chi connectivity index (χ4v) is 3.67. The Morgan fingerprint density at radius 1 is 1.10 bits per heavy atom. The molecule has 1 heterocycles. The quantitative estimate of drug-likeness (QED) is 0.550. The number of rotatable bonds is 7. The first-order valence-corrected chi connectivity index (χ1v) is 11.5. The number of amides is 1. The minimum absolute atomic E-state index is 0.131. The first-order valence-electron chi connectivity index (χ1n) is 8.61. The summed E-state index contributed by atoms with van der Waals surface area (Å²) in [5.74, 6) is 0.248. The molecular formula is C19H20N4O4S2. The molecule has 2 aromatic carbocycles. The minimum atomic E-state index is -3.34. The van der Waals surface area contributed by atoms with E-state index in [1.165, 1.54) is 0 Å². The topological polar surface area (TPSA) is 114 Å². The lowest BCUT2D eigenvalue weighted by molar-refractivity contribution is -0.113. The largest absolute Gasteiger partial charge is 0.411 e. The number of carbonyl (C=O) groups is 1. The third-order valence-corrected chi connectivity index (χ3v) is 5.25. The SMILES string of the molecule is Cc1ccc(NC(=O)CSc2nnc(-c3ccc(NS(C)(=O)=O)cc3)o2)c(C)c1. The van der Waals surface area contributed by atoms with Crippen LogP contribution in [0.2, 0.25) is 0 Å². The van der Waals surface area contributed by atoms with Gasteiger partial charge in [0, 0.05) is 16.9 Å². The molecule has 10 heteroatoms. The molecule has 2 N–H and O–H groups in total. The van der Waals surface area contributed by atoms with Crippen LogP contribution in [0.25, 0.3) is 11.5 Å². The van der Waals surface area contributed by atoms with Gasteiger partial charge in [-0.15, -0.1) is 10.2 Å². The Hall–Kier alpha value is -2.85. The van der Waals surface area contributed by atoms with E-state index in [-0.39, 0.29) is 22.8 Å². The summed E-state index contributed by atoms with van der Waals surface area (Å²) in [5, 5.41) is 11.0. The average Bonchev–Trinajstić information content (AvgIpc) is 3.11. The normalized spacial score (nSPS) is 11.3. The van der Waals surface area contributed by atoms with Crippen LogP contribution in [0.1, 0.15) is 11.1 Å². The fraction of sp³-hybridized carbons (Fsp3) is 0.211. The average molecular weight is 433 g/mol. The zero-order valence-electron chi connectivity index (χ0n) is 16.1. The van der Waals surface area contributed by atoms with Crippen molar-refractivity contribution in [3.05, 3.63) is 53.6 Å². The fourth-order valence-electron chi connectivity index (χ4n) is 2.55. The van der Waals surface area contributed by atoms with Crippen LogP contribution in [-0.4, -0.2) is 36.5 Å².